The number of rotatable bonds is 7. The van der Waals surface area contributed by atoms with E-state index < -0.39 is 10.0 Å². The Bertz CT molecular complexity index is 1050. The van der Waals surface area contributed by atoms with Gasteiger partial charge in [0.1, 0.15) is 11.3 Å². The third-order valence-electron chi connectivity index (χ3n) is 5.15. The first-order valence-electron chi connectivity index (χ1n) is 9.40. The maximum Gasteiger partial charge on any atom is 0.218 e. The van der Waals surface area contributed by atoms with E-state index in [2.05, 4.69) is 9.55 Å². The topological polar surface area (TPSA) is 77.3 Å². The van der Waals surface area contributed by atoms with E-state index in [-0.39, 0.29) is 11.7 Å². The van der Waals surface area contributed by atoms with Crippen molar-refractivity contribution in [3.8, 4) is 0 Å². The van der Waals surface area contributed by atoms with Gasteiger partial charge in [-0.3, -0.25) is 0 Å². The second-order valence-corrected chi connectivity index (χ2v) is 9.01. The number of aromatic nitrogens is 3. The summed E-state index contributed by atoms with van der Waals surface area (Å²) in [6, 6.07) is 13.1. The Balaban J connectivity index is 1.57. The Labute approximate surface area is 165 Å². The quantitative estimate of drug-likeness (QED) is 0.609. The number of methoxy groups -OCH3 is 1. The minimum atomic E-state index is -3.36. The molecule has 0 saturated carbocycles. The van der Waals surface area contributed by atoms with E-state index in [9.17, 15) is 8.42 Å². The average Bonchev–Trinajstić information content (AvgIpc) is 3.32. The van der Waals surface area contributed by atoms with E-state index in [4.69, 9.17) is 9.72 Å². The van der Waals surface area contributed by atoms with Gasteiger partial charge in [0.2, 0.25) is 10.0 Å². The first kappa shape index (κ1) is 19.0. The van der Waals surface area contributed by atoms with Crippen LogP contribution in [0.3, 0.4) is 0 Å². The summed E-state index contributed by atoms with van der Waals surface area (Å²) in [7, 11) is -1.69. The Kier molecular flexibility index (Phi) is 5.43. The molecule has 1 atom stereocenters. The molecule has 1 aliphatic heterocycles. The largest absolute Gasteiger partial charge is 0.383 e. The zero-order valence-corrected chi connectivity index (χ0v) is 16.7. The van der Waals surface area contributed by atoms with Crippen LogP contribution < -0.4 is 0 Å². The zero-order chi connectivity index (χ0) is 19.6. The molecule has 148 valence electrons. The minimum absolute atomic E-state index is 0.0300. The molecule has 0 bridgehead atoms. The van der Waals surface area contributed by atoms with Crippen molar-refractivity contribution >= 4 is 21.2 Å². The Morgan fingerprint density at radius 2 is 2.00 bits per heavy atom. The van der Waals surface area contributed by atoms with Gasteiger partial charge in [0.25, 0.3) is 0 Å². The van der Waals surface area contributed by atoms with Crippen molar-refractivity contribution in [3.05, 3.63) is 60.0 Å². The van der Waals surface area contributed by atoms with Gasteiger partial charge in [0, 0.05) is 38.9 Å². The standard InChI is InChI=1S/C20H24N4O3S/c1-27-13-12-24-19(22-18-8-5-10-21-20(18)24)17-9-11-23(14-17)28(25,26)15-16-6-3-2-4-7-16/h2-8,10,17H,9,11-15H2,1H3. The lowest BCUT2D eigenvalue weighted by Gasteiger charge is -2.17. The predicted molar refractivity (Wildman–Crippen MR) is 107 cm³/mol. The second kappa shape index (κ2) is 7.98. The van der Waals surface area contributed by atoms with Crippen molar-refractivity contribution in [1.29, 1.82) is 0 Å². The van der Waals surface area contributed by atoms with Crippen molar-refractivity contribution in [3.63, 3.8) is 0 Å². The monoisotopic (exact) mass is 400 g/mol. The number of hydrogen-bond acceptors (Lipinski definition) is 5. The van der Waals surface area contributed by atoms with Gasteiger partial charge in [0.05, 0.1) is 12.4 Å². The molecule has 1 aromatic carbocycles. The van der Waals surface area contributed by atoms with Gasteiger partial charge in [0.15, 0.2) is 5.65 Å². The van der Waals surface area contributed by atoms with Crippen LogP contribution in [0.5, 0.6) is 0 Å². The smallest absolute Gasteiger partial charge is 0.218 e. The zero-order valence-electron chi connectivity index (χ0n) is 15.9. The van der Waals surface area contributed by atoms with E-state index in [1.165, 1.54) is 0 Å². The number of fused-ring (bicyclic) bond motifs is 1. The lowest BCUT2D eigenvalue weighted by Crippen LogP contribution is -2.30. The molecule has 1 aliphatic rings. The van der Waals surface area contributed by atoms with Crippen LogP contribution in [0, 0.1) is 0 Å². The number of ether oxygens (including phenoxy) is 1. The van der Waals surface area contributed by atoms with E-state index in [1.54, 1.807) is 17.6 Å². The minimum Gasteiger partial charge on any atom is -0.383 e. The van der Waals surface area contributed by atoms with Crippen LogP contribution in [-0.4, -0.2) is 54.1 Å². The van der Waals surface area contributed by atoms with E-state index in [1.807, 2.05) is 42.5 Å². The van der Waals surface area contributed by atoms with Gasteiger partial charge >= 0.3 is 0 Å². The molecule has 4 rings (SSSR count). The summed E-state index contributed by atoms with van der Waals surface area (Å²) < 4.78 is 34.7. The number of benzene rings is 1. The van der Waals surface area contributed by atoms with Crippen molar-refractivity contribution < 1.29 is 13.2 Å². The number of imidazole rings is 1. The van der Waals surface area contributed by atoms with Crippen molar-refractivity contribution in [2.75, 3.05) is 26.8 Å². The van der Waals surface area contributed by atoms with Gasteiger partial charge in [-0.2, -0.15) is 0 Å². The first-order chi connectivity index (χ1) is 13.6. The molecule has 3 aromatic rings. The Hall–Kier alpha value is -2.29. The summed E-state index contributed by atoms with van der Waals surface area (Å²) in [5.41, 5.74) is 2.46. The van der Waals surface area contributed by atoms with Crippen LogP contribution in [0.1, 0.15) is 23.7 Å². The van der Waals surface area contributed by atoms with Gasteiger partial charge in [-0.15, -0.1) is 0 Å². The fourth-order valence-electron chi connectivity index (χ4n) is 3.76. The summed E-state index contributed by atoms with van der Waals surface area (Å²) in [6.45, 7) is 2.16. The molecule has 0 spiro atoms. The summed E-state index contributed by atoms with van der Waals surface area (Å²) >= 11 is 0. The van der Waals surface area contributed by atoms with Gasteiger partial charge in [-0.05, 0) is 24.1 Å². The van der Waals surface area contributed by atoms with Crippen molar-refractivity contribution in [2.45, 2.75) is 24.6 Å². The summed E-state index contributed by atoms with van der Waals surface area (Å²) in [5.74, 6) is 0.974. The highest BCUT2D eigenvalue weighted by Crippen LogP contribution is 2.31. The normalized spacial score (nSPS) is 18.1. The molecular formula is C20H24N4O3S. The van der Waals surface area contributed by atoms with Crippen LogP contribution in [0.25, 0.3) is 11.2 Å². The SMILES string of the molecule is COCCn1c(C2CCN(S(=O)(=O)Cc3ccccc3)C2)nc2cccnc21. The lowest BCUT2D eigenvalue weighted by atomic mass is 10.1. The van der Waals surface area contributed by atoms with Crippen LogP contribution in [0.4, 0.5) is 0 Å². The van der Waals surface area contributed by atoms with Gasteiger partial charge in [-0.1, -0.05) is 30.3 Å². The third kappa shape index (κ3) is 3.80. The second-order valence-electron chi connectivity index (χ2n) is 7.05. The molecule has 7 nitrogen and oxygen atoms in total. The van der Waals surface area contributed by atoms with E-state index >= 15 is 0 Å². The molecule has 0 amide bonds. The number of sulfonamides is 1. The fraction of sp³-hybridized carbons (Fsp3) is 0.400. The maximum absolute atomic E-state index is 12.9. The van der Waals surface area contributed by atoms with Gasteiger partial charge < -0.3 is 9.30 Å². The molecule has 8 heteroatoms. The third-order valence-corrected chi connectivity index (χ3v) is 6.97. The molecule has 1 unspecified atom stereocenters. The van der Waals surface area contributed by atoms with Crippen LogP contribution >= 0.6 is 0 Å². The Morgan fingerprint density at radius 3 is 2.79 bits per heavy atom. The summed E-state index contributed by atoms with van der Waals surface area (Å²) in [4.78, 5) is 9.23. The van der Waals surface area contributed by atoms with E-state index in [0.29, 0.717) is 26.2 Å². The highest BCUT2D eigenvalue weighted by atomic mass is 32.2. The molecule has 28 heavy (non-hydrogen) atoms. The van der Waals surface area contributed by atoms with Crippen molar-refractivity contribution in [1.82, 2.24) is 18.8 Å². The lowest BCUT2D eigenvalue weighted by molar-refractivity contribution is 0.187. The summed E-state index contributed by atoms with van der Waals surface area (Å²) in [5, 5.41) is 0. The maximum atomic E-state index is 12.9. The highest BCUT2D eigenvalue weighted by molar-refractivity contribution is 7.88. The molecule has 0 N–H and O–H groups in total. The molecular weight excluding hydrogens is 376 g/mol. The predicted octanol–water partition coefficient (Wildman–Crippen LogP) is 2.40. The van der Waals surface area contributed by atoms with Crippen LogP contribution in [0.15, 0.2) is 48.7 Å². The number of nitrogens with zero attached hydrogens (tertiary/aromatic N) is 4. The molecule has 2 aromatic heterocycles. The average molecular weight is 401 g/mol. The van der Waals surface area contributed by atoms with Gasteiger partial charge in [-0.25, -0.2) is 22.7 Å². The number of pyridine rings is 1. The molecule has 0 radical (unpaired) electrons. The number of hydrogen-bond donors (Lipinski definition) is 0. The highest BCUT2D eigenvalue weighted by Gasteiger charge is 2.34. The van der Waals surface area contributed by atoms with Crippen molar-refractivity contribution in [2.24, 2.45) is 0 Å². The molecule has 1 saturated heterocycles. The fourth-order valence-corrected chi connectivity index (χ4v) is 5.35. The molecule has 3 heterocycles. The molecule has 1 fully saturated rings. The first-order valence-corrected chi connectivity index (χ1v) is 11.0. The Morgan fingerprint density at radius 1 is 1.18 bits per heavy atom. The molecule has 0 aliphatic carbocycles. The van der Waals surface area contributed by atoms with E-state index in [0.717, 1.165) is 29.0 Å². The summed E-state index contributed by atoms with van der Waals surface area (Å²) in [6.07, 6.45) is 2.51. The van der Waals surface area contributed by atoms with Crippen LogP contribution in [0.2, 0.25) is 0 Å². The van der Waals surface area contributed by atoms with Crippen LogP contribution in [-0.2, 0) is 27.1 Å².